The number of ether oxygens (including phenoxy) is 2. The van der Waals surface area contributed by atoms with Crippen molar-refractivity contribution in [3.05, 3.63) is 90.5 Å². The molecule has 32 heavy (non-hydrogen) atoms. The Morgan fingerprint density at radius 3 is 2.12 bits per heavy atom. The zero-order valence-corrected chi connectivity index (χ0v) is 18.2. The first kappa shape index (κ1) is 22.6. The Bertz CT molecular complexity index is 1250. The van der Waals surface area contributed by atoms with Crippen LogP contribution in [-0.2, 0) is 14.3 Å². The highest BCUT2D eigenvalue weighted by atomic mass is 16.5. The molecule has 3 aromatic carbocycles. The standard InChI is InChI=1S/C28H24O4/c1-19(2)27(29)31-16-6-5-7-21-8-10-22(11-9-21)23-12-13-25-18-26(15-14-24(25)17-23)32-28(30)20(3)4/h8-15,17-18H,1,3,6,16H2,2,4H3. The fourth-order valence-corrected chi connectivity index (χ4v) is 2.89. The molecule has 4 heteroatoms. The zero-order valence-electron chi connectivity index (χ0n) is 18.2. The van der Waals surface area contributed by atoms with Gasteiger partial charge in [0.25, 0.3) is 0 Å². The van der Waals surface area contributed by atoms with Crippen LogP contribution < -0.4 is 4.74 Å². The number of fused-ring (bicyclic) bond motifs is 1. The van der Waals surface area contributed by atoms with Gasteiger partial charge in [-0.1, -0.05) is 55.3 Å². The number of carbonyl (C=O) groups is 2. The average Bonchev–Trinajstić information content (AvgIpc) is 2.78. The lowest BCUT2D eigenvalue weighted by atomic mass is 10.00. The van der Waals surface area contributed by atoms with Crippen molar-refractivity contribution < 1.29 is 19.1 Å². The molecule has 0 fully saturated rings. The first-order valence-corrected chi connectivity index (χ1v) is 10.2. The number of rotatable bonds is 6. The van der Waals surface area contributed by atoms with E-state index in [0.29, 0.717) is 23.3 Å². The molecule has 0 aliphatic rings. The van der Waals surface area contributed by atoms with Crippen LogP contribution in [0.4, 0.5) is 0 Å². The summed E-state index contributed by atoms with van der Waals surface area (Å²) in [7, 11) is 0. The van der Waals surface area contributed by atoms with Crippen molar-refractivity contribution in [2.75, 3.05) is 6.61 Å². The fourth-order valence-electron chi connectivity index (χ4n) is 2.89. The lowest BCUT2D eigenvalue weighted by Gasteiger charge is -2.07. The minimum absolute atomic E-state index is 0.252. The third-order valence-corrected chi connectivity index (χ3v) is 4.63. The van der Waals surface area contributed by atoms with E-state index in [2.05, 4.69) is 31.1 Å². The lowest BCUT2D eigenvalue weighted by molar-refractivity contribution is -0.138. The van der Waals surface area contributed by atoms with Crippen molar-refractivity contribution in [3.63, 3.8) is 0 Å². The molecule has 0 aliphatic heterocycles. The average molecular weight is 424 g/mol. The first-order chi connectivity index (χ1) is 15.3. The summed E-state index contributed by atoms with van der Waals surface area (Å²) >= 11 is 0. The number of hydrogen-bond acceptors (Lipinski definition) is 4. The van der Waals surface area contributed by atoms with E-state index in [-0.39, 0.29) is 6.61 Å². The van der Waals surface area contributed by atoms with Crippen molar-refractivity contribution in [1.82, 2.24) is 0 Å². The van der Waals surface area contributed by atoms with Gasteiger partial charge in [0.1, 0.15) is 12.4 Å². The Morgan fingerprint density at radius 2 is 1.44 bits per heavy atom. The highest BCUT2D eigenvalue weighted by molar-refractivity contribution is 5.91. The Hall–Kier alpha value is -4.10. The SMILES string of the molecule is C=C(C)C(=O)OCCC#Cc1ccc(-c2ccc3cc(OC(=O)C(=C)C)ccc3c2)cc1. The Labute approximate surface area is 188 Å². The van der Waals surface area contributed by atoms with Gasteiger partial charge in [-0.3, -0.25) is 0 Å². The van der Waals surface area contributed by atoms with Crippen molar-refractivity contribution in [3.8, 4) is 28.7 Å². The number of hydrogen-bond donors (Lipinski definition) is 0. The van der Waals surface area contributed by atoms with E-state index in [4.69, 9.17) is 9.47 Å². The topological polar surface area (TPSA) is 52.6 Å². The molecular weight excluding hydrogens is 400 g/mol. The Kier molecular flexibility index (Phi) is 7.25. The highest BCUT2D eigenvalue weighted by Crippen LogP contribution is 2.27. The van der Waals surface area contributed by atoms with Crippen LogP contribution in [0, 0.1) is 11.8 Å². The van der Waals surface area contributed by atoms with Crippen LogP contribution in [-0.4, -0.2) is 18.5 Å². The normalized spacial score (nSPS) is 10.1. The molecule has 0 aromatic heterocycles. The molecule has 0 spiro atoms. The van der Waals surface area contributed by atoms with Crippen molar-refractivity contribution in [2.24, 2.45) is 0 Å². The largest absolute Gasteiger partial charge is 0.461 e. The van der Waals surface area contributed by atoms with Gasteiger partial charge in [0, 0.05) is 23.1 Å². The van der Waals surface area contributed by atoms with Gasteiger partial charge in [-0.2, -0.15) is 0 Å². The van der Waals surface area contributed by atoms with Crippen LogP contribution in [0.2, 0.25) is 0 Å². The second kappa shape index (κ2) is 10.3. The molecule has 3 rings (SSSR count). The summed E-state index contributed by atoms with van der Waals surface area (Å²) < 4.78 is 10.3. The van der Waals surface area contributed by atoms with E-state index >= 15 is 0 Å². The second-order valence-electron chi connectivity index (χ2n) is 7.44. The van der Waals surface area contributed by atoms with Crippen LogP contribution >= 0.6 is 0 Å². The van der Waals surface area contributed by atoms with Gasteiger partial charge >= 0.3 is 11.9 Å². The van der Waals surface area contributed by atoms with Crippen molar-refractivity contribution in [2.45, 2.75) is 20.3 Å². The first-order valence-electron chi connectivity index (χ1n) is 10.2. The van der Waals surface area contributed by atoms with E-state index in [1.807, 2.05) is 48.5 Å². The van der Waals surface area contributed by atoms with E-state index in [9.17, 15) is 9.59 Å². The summed E-state index contributed by atoms with van der Waals surface area (Å²) in [5, 5.41) is 2.03. The van der Waals surface area contributed by atoms with Crippen LogP contribution in [0.3, 0.4) is 0 Å². The molecule has 0 saturated carbocycles. The smallest absolute Gasteiger partial charge is 0.338 e. The van der Waals surface area contributed by atoms with Gasteiger partial charge in [-0.15, -0.1) is 0 Å². The summed E-state index contributed by atoms with van der Waals surface area (Å²) in [6.45, 7) is 10.6. The number of carbonyl (C=O) groups excluding carboxylic acids is 2. The van der Waals surface area contributed by atoms with Crippen LogP contribution in [0.15, 0.2) is 85.0 Å². The lowest BCUT2D eigenvalue weighted by Crippen LogP contribution is -2.07. The van der Waals surface area contributed by atoms with Gasteiger partial charge in [0.05, 0.1) is 0 Å². The molecule has 3 aromatic rings. The van der Waals surface area contributed by atoms with Crippen LogP contribution in [0.25, 0.3) is 21.9 Å². The third-order valence-electron chi connectivity index (χ3n) is 4.63. The van der Waals surface area contributed by atoms with Gasteiger partial charge in [-0.25, -0.2) is 9.59 Å². The van der Waals surface area contributed by atoms with E-state index < -0.39 is 11.9 Å². The van der Waals surface area contributed by atoms with Gasteiger partial charge < -0.3 is 9.47 Å². The second-order valence-corrected chi connectivity index (χ2v) is 7.44. The Morgan fingerprint density at radius 1 is 0.812 bits per heavy atom. The molecule has 0 bridgehead atoms. The number of benzene rings is 3. The molecule has 0 saturated heterocycles. The maximum atomic E-state index is 11.7. The van der Waals surface area contributed by atoms with E-state index in [1.54, 1.807) is 19.9 Å². The molecule has 0 N–H and O–H groups in total. The fraction of sp³-hybridized carbons (Fsp3) is 0.143. The molecule has 0 atom stereocenters. The molecule has 0 heterocycles. The molecule has 0 unspecified atom stereocenters. The molecule has 0 radical (unpaired) electrons. The Balaban J connectivity index is 1.66. The molecular formula is C28H24O4. The maximum absolute atomic E-state index is 11.7. The predicted octanol–water partition coefficient (Wildman–Crippen LogP) is 5.85. The van der Waals surface area contributed by atoms with Crippen LogP contribution in [0.5, 0.6) is 5.75 Å². The minimum Gasteiger partial charge on any atom is -0.461 e. The summed E-state index contributed by atoms with van der Waals surface area (Å²) in [5.41, 5.74) is 3.79. The minimum atomic E-state index is -0.433. The van der Waals surface area contributed by atoms with Crippen molar-refractivity contribution >= 4 is 22.7 Å². The van der Waals surface area contributed by atoms with Crippen LogP contribution in [0.1, 0.15) is 25.8 Å². The monoisotopic (exact) mass is 424 g/mol. The highest BCUT2D eigenvalue weighted by Gasteiger charge is 2.07. The van der Waals surface area contributed by atoms with Gasteiger partial charge in [0.2, 0.25) is 0 Å². The number of esters is 2. The van der Waals surface area contributed by atoms with E-state index in [1.165, 1.54) is 0 Å². The predicted molar refractivity (Wildman–Crippen MR) is 127 cm³/mol. The van der Waals surface area contributed by atoms with Gasteiger partial charge in [0.15, 0.2) is 0 Å². The summed E-state index contributed by atoms with van der Waals surface area (Å²) in [6, 6.07) is 19.7. The van der Waals surface area contributed by atoms with Crippen molar-refractivity contribution in [1.29, 1.82) is 0 Å². The maximum Gasteiger partial charge on any atom is 0.338 e. The molecule has 0 amide bonds. The summed E-state index contributed by atoms with van der Waals surface area (Å²) in [4.78, 5) is 23.0. The zero-order chi connectivity index (χ0) is 23.1. The summed E-state index contributed by atoms with van der Waals surface area (Å²) in [6.07, 6.45) is 0.467. The third kappa shape index (κ3) is 5.96. The van der Waals surface area contributed by atoms with E-state index in [0.717, 1.165) is 27.5 Å². The van der Waals surface area contributed by atoms with Gasteiger partial charge in [-0.05, 0) is 66.1 Å². The molecule has 0 aliphatic carbocycles. The summed E-state index contributed by atoms with van der Waals surface area (Å²) in [5.74, 6) is 5.75. The molecule has 160 valence electrons. The quantitative estimate of drug-likeness (QED) is 0.164. The molecule has 4 nitrogen and oxygen atoms in total.